The van der Waals surface area contributed by atoms with Crippen LogP contribution in [-0.2, 0) is 0 Å². The molecule has 0 spiro atoms. The van der Waals surface area contributed by atoms with Crippen LogP contribution in [-0.4, -0.2) is 7.11 Å². The molecule has 3 heteroatoms. The first-order chi connectivity index (χ1) is 9.43. The van der Waals surface area contributed by atoms with E-state index >= 15 is 0 Å². The van der Waals surface area contributed by atoms with Crippen molar-refractivity contribution >= 4 is 0 Å². The maximum Gasteiger partial charge on any atom is 0.124 e. The molecule has 2 nitrogen and oxygen atoms in total. The van der Waals surface area contributed by atoms with E-state index in [1.165, 1.54) is 12.1 Å². The Kier molecular flexibility index (Phi) is 4.09. The van der Waals surface area contributed by atoms with E-state index in [0.717, 1.165) is 33.6 Å². The van der Waals surface area contributed by atoms with Crippen LogP contribution in [0, 0.1) is 26.6 Å². The number of hydrogen-bond donors (Lipinski definition) is 1. The predicted octanol–water partition coefficient (Wildman–Crippen LogP) is 3.81. The minimum atomic E-state index is -0.265. The number of aryl methyl sites for hydroxylation is 3. The lowest BCUT2D eigenvalue weighted by atomic mass is 9.93. The zero-order valence-corrected chi connectivity index (χ0v) is 12.3. The molecule has 2 rings (SSSR count). The summed E-state index contributed by atoms with van der Waals surface area (Å²) in [6, 6.07) is 8.51. The van der Waals surface area contributed by atoms with E-state index in [9.17, 15) is 4.39 Å². The summed E-state index contributed by atoms with van der Waals surface area (Å²) in [4.78, 5) is 0. The molecule has 0 aliphatic carbocycles. The van der Waals surface area contributed by atoms with Gasteiger partial charge in [-0.15, -0.1) is 0 Å². The zero-order chi connectivity index (χ0) is 14.9. The fourth-order valence-corrected chi connectivity index (χ4v) is 2.65. The van der Waals surface area contributed by atoms with Gasteiger partial charge in [0.15, 0.2) is 0 Å². The van der Waals surface area contributed by atoms with Gasteiger partial charge in [-0.25, -0.2) is 4.39 Å². The van der Waals surface area contributed by atoms with Crippen molar-refractivity contribution in [3.05, 3.63) is 64.0 Å². The first-order valence-corrected chi connectivity index (χ1v) is 6.60. The molecule has 0 aromatic heterocycles. The summed E-state index contributed by atoms with van der Waals surface area (Å²) in [5, 5.41) is 0. The lowest BCUT2D eigenvalue weighted by Gasteiger charge is -2.18. The van der Waals surface area contributed by atoms with Crippen LogP contribution in [0.5, 0.6) is 5.75 Å². The van der Waals surface area contributed by atoms with Crippen LogP contribution in [0.1, 0.15) is 33.9 Å². The molecule has 106 valence electrons. The van der Waals surface area contributed by atoms with Gasteiger partial charge < -0.3 is 10.5 Å². The molecule has 2 N–H and O–H groups in total. The molecular weight excluding hydrogens is 253 g/mol. The Morgan fingerprint density at radius 2 is 1.60 bits per heavy atom. The van der Waals surface area contributed by atoms with E-state index in [1.807, 2.05) is 32.9 Å². The highest BCUT2D eigenvalue weighted by Crippen LogP contribution is 2.30. The average molecular weight is 273 g/mol. The van der Waals surface area contributed by atoms with Gasteiger partial charge in [-0.05, 0) is 60.7 Å². The van der Waals surface area contributed by atoms with Gasteiger partial charge in [-0.3, -0.25) is 0 Å². The van der Waals surface area contributed by atoms with Crippen molar-refractivity contribution in [1.82, 2.24) is 0 Å². The second-order valence-corrected chi connectivity index (χ2v) is 5.17. The summed E-state index contributed by atoms with van der Waals surface area (Å²) in [5.74, 6) is 0.650. The Morgan fingerprint density at radius 3 is 2.10 bits per heavy atom. The van der Waals surface area contributed by atoms with Gasteiger partial charge in [0.2, 0.25) is 0 Å². The number of rotatable bonds is 3. The van der Waals surface area contributed by atoms with E-state index < -0.39 is 0 Å². The van der Waals surface area contributed by atoms with E-state index in [0.29, 0.717) is 0 Å². The van der Waals surface area contributed by atoms with Crippen molar-refractivity contribution in [3.8, 4) is 5.75 Å². The Balaban J connectivity index is 2.45. The van der Waals surface area contributed by atoms with Crippen LogP contribution < -0.4 is 10.5 Å². The van der Waals surface area contributed by atoms with Crippen LogP contribution in [0.4, 0.5) is 4.39 Å². The predicted molar refractivity (Wildman–Crippen MR) is 79.6 cm³/mol. The Morgan fingerprint density at radius 1 is 1.00 bits per heavy atom. The fraction of sp³-hybridized carbons (Fsp3) is 0.294. The molecule has 0 heterocycles. The summed E-state index contributed by atoms with van der Waals surface area (Å²) >= 11 is 0. The van der Waals surface area contributed by atoms with Crippen LogP contribution in [0.2, 0.25) is 0 Å². The van der Waals surface area contributed by atoms with Gasteiger partial charge in [0, 0.05) is 0 Å². The second kappa shape index (κ2) is 5.63. The van der Waals surface area contributed by atoms with Crippen LogP contribution in [0.3, 0.4) is 0 Å². The summed E-state index contributed by atoms with van der Waals surface area (Å²) in [5.41, 5.74) is 11.3. The Bertz CT molecular complexity index is 614. The third-order valence-electron chi connectivity index (χ3n) is 3.61. The van der Waals surface area contributed by atoms with Crippen LogP contribution in [0.15, 0.2) is 30.3 Å². The van der Waals surface area contributed by atoms with E-state index in [1.54, 1.807) is 13.2 Å². The quantitative estimate of drug-likeness (QED) is 0.923. The van der Waals surface area contributed by atoms with Crippen molar-refractivity contribution in [2.45, 2.75) is 26.8 Å². The van der Waals surface area contributed by atoms with Gasteiger partial charge in [-0.2, -0.15) is 0 Å². The normalized spacial score (nSPS) is 12.3. The standard InChI is InChI=1S/C17H20FNO/c1-10-9-14(18)5-6-15(10)16(19)13-7-11(2)17(20-4)12(3)8-13/h5-9,16H,19H2,1-4H3. The Labute approximate surface area is 119 Å². The molecule has 2 aromatic carbocycles. The largest absolute Gasteiger partial charge is 0.496 e. The third kappa shape index (κ3) is 2.68. The molecule has 0 bridgehead atoms. The first kappa shape index (κ1) is 14.5. The minimum Gasteiger partial charge on any atom is -0.496 e. The monoisotopic (exact) mass is 273 g/mol. The molecule has 20 heavy (non-hydrogen) atoms. The van der Waals surface area contributed by atoms with Crippen molar-refractivity contribution in [2.75, 3.05) is 7.11 Å². The highest BCUT2D eigenvalue weighted by atomic mass is 19.1. The first-order valence-electron chi connectivity index (χ1n) is 6.60. The number of hydrogen-bond acceptors (Lipinski definition) is 2. The molecular formula is C17H20FNO. The van der Waals surface area contributed by atoms with Gasteiger partial charge in [-0.1, -0.05) is 18.2 Å². The Hall–Kier alpha value is -1.87. The van der Waals surface area contributed by atoms with Gasteiger partial charge >= 0.3 is 0 Å². The highest BCUT2D eigenvalue weighted by molar-refractivity contribution is 5.47. The number of nitrogens with two attached hydrogens (primary N) is 1. The van der Waals surface area contributed by atoms with Crippen LogP contribution in [0.25, 0.3) is 0 Å². The molecule has 0 radical (unpaired) electrons. The molecule has 0 aliphatic rings. The van der Waals surface area contributed by atoms with Crippen molar-refractivity contribution < 1.29 is 9.13 Å². The molecule has 2 aromatic rings. The van der Waals surface area contributed by atoms with Gasteiger partial charge in [0.1, 0.15) is 11.6 Å². The van der Waals surface area contributed by atoms with Crippen molar-refractivity contribution in [3.63, 3.8) is 0 Å². The molecule has 0 fully saturated rings. The number of halogens is 1. The second-order valence-electron chi connectivity index (χ2n) is 5.17. The maximum absolute atomic E-state index is 13.2. The summed E-state index contributed by atoms with van der Waals surface area (Å²) < 4.78 is 18.5. The minimum absolute atomic E-state index is 0.236. The fourth-order valence-electron chi connectivity index (χ4n) is 2.65. The molecule has 1 atom stereocenters. The summed E-state index contributed by atoms with van der Waals surface area (Å²) in [6.07, 6.45) is 0. The summed E-state index contributed by atoms with van der Waals surface area (Å²) in [6.45, 7) is 5.88. The topological polar surface area (TPSA) is 35.2 Å². The molecule has 0 saturated heterocycles. The lowest BCUT2D eigenvalue weighted by molar-refractivity contribution is 0.408. The molecule has 0 saturated carbocycles. The van der Waals surface area contributed by atoms with Gasteiger partial charge in [0.25, 0.3) is 0 Å². The van der Waals surface area contributed by atoms with E-state index in [2.05, 4.69) is 0 Å². The molecule has 1 unspecified atom stereocenters. The lowest BCUT2D eigenvalue weighted by Crippen LogP contribution is -2.14. The zero-order valence-electron chi connectivity index (χ0n) is 12.3. The van der Waals surface area contributed by atoms with Crippen LogP contribution >= 0.6 is 0 Å². The number of methoxy groups -OCH3 is 1. The van der Waals surface area contributed by atoms with E-state index in [4.69, 9.17) is 10.5 Å². The van der Waals surface area contributed by atoms with Crippen molar-refractivity contribution in [1.29, 1.82) is 0 Å². The molecule has 0 aliphatic heterocycles. The summed E-state index contributed by atoms with van der Waals surface area (Å²) in [7, 11) is 1.67. The van der Waals surface area contributed by atoms with Gasteiger partial charge in [0.05, 0.1) is 13.2 Å². The SMILES string of the molecule is COc1c(C)cc(C(N)c2ccc(F)cc2C)cc1C. The number of ether oxygens (including phenoxy) is 1. The van der Waals surface area contributed by atoms with E-state index in [-0.39, 0.29) is 11.9 Å². The third-order valence-corrected chi connectivity index (χ3v) is 3.61. The smallest absolute Gasteiger partial charge is 0.124 e. The van der Waals surface area contributed by atoms with Crippen molar-refractivity contribution in [2.24, 2.45) is 5.73 Å². The number of benzene rings is 2. The highest BCUT2D eigenvalue weighted by Gasteiger charge is 2.15. The molecule has 0 amide bonds. The maximum atomic E-state index is 13.2. The average Bonchev–Trinajstić information content (AvgIpc) is 2.37.